The third-order valence-electron chi connectivity index (χ3n) is 14.0. The number of benzene rings is 6. The second kappa shape index (κ2) is 16.9. The molecule has 5 heteroatoms. The molecule has 68 heavy (non-hydrogen) atoms. The molecule has 0 N–H and O–H groups in total. The number of anilines is 2. The smallest absolute Gasteiger partial charge is 0.137 e. The van der Waals surface area contributed by atoms with Crippen molar-refractivity contribution in [1.82, 2.24) is 9.55 Å². The number of rotatable bonds is 8. The summed E-state index contributed by atoms with van der Waals surface area (Å²) >= 11 is 0. The molecule has 1 aliphatic heterocycles. The minimum absolute atomic E-state index is 0.00125. The molecule has 0 atom stereocenters. The van der Waals surface area contributed by atoms with Crippen LogP contribution in [-0.4, -0.2) is 16.2 Å². The maximum Gasteiger partial charge on any atom is 0.137 e. The second-order valence-corrected chi connectivity index (χ2v) is 23.6. The van der Waals surface area contributed by atoms with Gasteiger partial charge in [-0.05, 0) is 109 Å². The highest BCUT2D eigenvalue weighted by Crippen LogP contribution is 2.45. The number of hydrogen-bond acceptors (Lipinski definition) is 4. The predicted molar refractivity (Wildman–Crippen MR) is 289 cm³/mol. The summed E-state index contributed by atoms with van der Waals surface area (Å²) in [6.45, 7) is 32.9. The fraction of sp³-hybridized carbons (Fsp3) is 0.317. The van der Waals surface area contributed by atoms with Gasteiger partial charge >= 0.3 is 0 Å². The first-order valence-corrected chi connectivity index (χ1v) is 24.4. The molecule has 0 saturated heterocycles. The molecule has 0 radical (unpaired) electrons. The molecule has 0 fully saturated rings. The standard InChI is InChI=1S/C63H70N4O/c1-59(2,3)45-31-46(60(4,5)6)33-48(32-45)65-40-56(42-23-17-15-18-24-42)66(41-65)49-34-47(61(7,8)9)35-50(37-49)68-51-38-53(62(10,11)12)58-52-27-21-22-28-54(52)67(55(58)39-51)57-36-44(29-30-64-57)63(13,14)43-25-19-16-20-26-43/h15-40H,41H2,1-14H3. The van der Waals surface area contributed by atoms with Crippen LogP contribution in [0.1, 0.15) is 136 Å². The van der Waals surface area contributed by atoms with Crippen molar-refractivity contribution in [2.24, 2.45) is 0 Å². The molecule has 8 aromatic rings. The Balaban J connectivity index is 1.19. The Morgan fingerprint density at radius 3 is 1.68 bits per heavy atom. The Morgan fingerprint density at radius 1 is 0.471 bits per heavy atom. The van der Waals surface area contributed by atoms with E-state index in [-0.39, 0.29) is 27.1 Å². The van der Waals surface area contributed by atoms with Crippen LogP contribution in [0.4, 0.5) is 11.4 Å². The number of fused-ring (bicyclic) bond motifs is 3. The Hall–Kier alpha value is -6.59. The summed E-state index contributed by atoms with van der Waals surface area (Å²) < 4.78 is 9.58. The molecule has 0 spiro atoms. The molecule has 0 bridgehead atoms. The van der Waals surface area contributed by atoms with Crippen molar-refractivity contribution < 1.29 is 4.74 Å². The fourth-order valence-corrected chi connectivity index (χ4v) is 9.63. The molecule has 5 nitrogen and oxygen atoms in total. The van der Waals surface area contributed by atoms with Gasteiger partial charge in [0.05, 0.1) is 23.4 Å². The lowest BCUT2D eigenvalue weighted by molar-refractivity contribution is 0.476. The molecule has 0 saturated carbocycles. The number of nitrogens with zero attached hydrogens (tertiary/aromatic N) is 4. The molecule has 1 aliphatic rings. The molecular weight excluding hydrogens is 829 g/mol. The molecule has 0 aliphatic carbocycles. The maximum absolute atomic E-state index is 7.25. The van der Waals surface area contributed by atoms with Gasteiger partial charge < -0.3 is 14.5 Å². The van der Waals surface area contributed by atoms with Crippen molar-refractivity contribution in [3.8, 4) is 17.3 Å². The quantitative estimate of drug-likeness (QED) is 0.152. The molecular formula is C63H70N4O. The topological polar surface area (TPSA) is 33.5 Å². The van der Waals surface area contributed by atoms with Gasteiger partial charge in [-0.25, -0.2) is 4.98 Å². The van der Waals surface area contributed by atoms with Crippen molar-refractivity contribution in [3.63, 3.8) is 0 Å². The Kier molecular flexibility index (Phi) is 11.5. The summed E-state index contributed by atoms with van der Waals surface area (Å²) in [5.74, 6) is 2.47. The van der Waals surface area contributed by atoms with E-state index in [4.69, 9.17) is 9.72 Å². The van der Waals surface area contributed by atoms with Crippen LogP contribution in [0.3, 0.4) is 0 Å². The van der Waals surface area contributed by atoms with E-state index in [2.05, 4.69) is 263 Å². The highest BCUT2D eigenvalue weighted by atomic mass is 16.5. The normalized spacial score (nSPS) is 14.0. The molecule has 348 valence electrons. The average Bonchev–Trinajstić information content (AvgIpc) is 3.89. The van der Waals surface area contributed by atoms with Crippen LogP contribution in [0.25, 0.3) is 33.3 Å². The van der Waals surface area contributed by atoms with E-state index in [9.17, 15) is 0 Å². The van der Waals surface area contributed by atoms with Crippen LogP contribution in [0.15, 0.2) is 158 Å². The SMILES string of the molecule is CC(C)(C)c1cc(Oc2cc(C(C)(C)C)c3c4ccccc4n(-c4cc(C(C)(C)c5ccccc5)ccn4)c3c2)cc(N2CN(c3cc(C(C)(C)C)cc(C(C)(C)C)c3)C=C2c2ccccc2)c1. The van der Waals surface area contributed by atoms with Gasteiger partial charge in [0.25, 0.3) is 0 Å². The van der Waals surface area contributed by atoms with E-state index >= 15 is 0 Å². The van der Waals surface area contributed by atoms with Gasteiger partial charge in [0.1, 0.15) is 17.3 Å². The molecule has 6 aromatic carbocycles. The van der Waals surface area contributed by atoms with Crippen molar-refractivity contribution in [2.45, 2.75) is 124 Å². The summed E-state index contributed by atoms with van der Waals surface area (Å²) in [5.41, 5.74) is 13.8. The highest BCUT2D eigenvalue weighted by molar-refractivity contribution is 6.11. The van der Waals surface area contributed by atoms with E-state index in [1.807, 2.05) is 6.20 Å². The zero-order valence-electron chi connectivity index (χ0n) is 42.9. The van der Waals surface area contributed by atoms with Gasteiger partial charge in [-0.3, -0.25) is 4.57 Å². The number of aromatic nitrogens is 2. The van der Waals surface area contributed by atoms with Gasteiger partial charge in [0.2, 0.25) is 0 Å². The fourth-order valence-electron chi connectivity index (χ4n) is 9.63. The van der Waals surface area contributed by atoms with Crippen LogP contribution in [0, 0.1) is 0 Å². The second-order valence-electron chi connectivity index (χ2n) is 23.6. The van der Waals surface area contributed by atoms with Gasteiger partial charge in [-0.1, -0.05) is 182 Å². The van der Waals surface area contributed by atoms with Crippen LogP contribution < -0.4 is 14.5 Å². The zero-order valence-corrected chi connectivity index (χ0v) is 42.9. The monoisotopic (exact) mass is 899 g/mol. The van der Waals surface area contributed by atoms with Gasteiger partial charge in [0, 0.05) is 52.1 Å². The van der Waals surface area contributed by atoms with Crippen LogP contribution in [0.2, 0.25) is 0 Å². The first kappa shape index (κ1) is 46.5. The Morgan fingerprint density at radius 2 is 1.04 bits per heavy atom. The van der Waals surface area contributed by atoms with Crippen molar-refractivity contribution >= 4 is 38.9 Å². The predicted octanol–water partition coefficient (Wildman–Crippen LogP) is 16.8. The van der Waals surface area contributed by atoms with E-state index in [0.717, 1.165) is 39.7 Å². The number of hydrogen-bond donors (Lipinski definition) is 0. The van der Waals surface area contributed by atoms with Crippen LogP contribution in [-0.2, 0) is 27.1 Å². The lowest BCUT2D eigenvalue weighted by atomic mass is 9.78. The lowest BCUT2D eigenvalue weighted by Gasteiger charge is -2.30. The number of para-hydroxylation sites is 1. The molecule has 9 rings (SSSR count). The van der Waals surface area contributed by atoms with Crippen molar-refractivity contribution in [2.75, 3.05) is 16.5 Å². The molecule has 2 aromatic heterocycles. The minimum Gasteiger partial charge on any atom is -0.457 e. The summed E-state index contributed by atoms with van der Waals surface area (Å²) in [5, 5.41) is 2.42. The first-order valence-electron chi connectivity index (χ1n) is 24.4. The first-order chi connectivity index (χ1) is 32.0. The summed E-state index contributed by atoms with van der Waals surface area (Å²) in [4.78, 5) is 9.96. The van der Waals surface area contributed by atoms with Gasteiger partial charge in [-0.15, -0.1) is 0 Å². The molecule has 0 amide bonds. The minimum atomic E-state index is -0.230. The molecule has 0 unspecified atom stereocenters. The van der Waals surface area contributed by atoms with Crippen LogP contribution in [0.5, 0.6) is 11.5 Å². The number of ether oxygens (including phenoxy) is 1. The third-order valence-corrected chi connectivity index (χ3v) is 14.0. The van der Waals surface area contributed by atoms with E-state index in [1.54, 1.807) is 0 Å². The highest BCUT2D eigenvalue weighted by Gasteiger charge is 2.31. The summed E-state index contributed by atoms with van der Waals surface area (Å²) in [6.07, 6.45) is 4.29. The summed E-state index contributed by atoms with van der Waals surface area (Å²) in [6, 6.07) is 53.2. The average molecular weight is 899 g/mol. The van der Waals surface area contributed by atoms with Gasteiger partial charge in [-0.2, -0.15) is 0 Å². The van der Waals surface area contributed by atoms with E-state index in [1.165, 1.54) is 55.4 Å². The zero-order chi connectivity index (χ0) is 48.6. The lowest BCUT2D eigenvalue weighted by Crippen LogP contribution is -2.27. The Bertz CT molecular complexity index is 3150. The summed E-state index contributed by atoms with van der Waals surface area (Å²) in [7, 11) is 0. The van der Waals surface area contributed by atoms with Gasteiger partial charge in [0.15, 0.2) is 0 Å². The third kappa shape index (κ3) is 8.96. The van der Waals surface area contributed by atoms with E-state index < -0.39 is 0 Å². The van der Waals surface area contributed by atoms with Crippen molar-refractivity contribution in [1.29, 1.82) is 0 Å². The number of pyridine rings is 1. The van der Waals surface area contributed by atoms with E-state index in [0.29, 0.717) is 6.67 Å². The van der Waals surface area contributed by atoms with Crippen LogP contribution >= 0.6 is 0 Å². The maximum atomic E-state index is 7.25. The Labute approximate surface area is 406 Å². The largest absolute Gasteiger partial charge is 0.457 e. The van der Waals surface area contributed by atoms with Crippen molar-refractivity contribution in [3.05, 3.63) is 197 Å². The molecule has 3 heterocycles.